The zero-order valence-electron chi connectivity index (χ0n) is 9.13. The van der Waals surface area contributed by atoms with E-state index in [0.29, 0.717) is 0 Å². The van der Waals surface area contributed by atoms with Crippen LogP contribution < -0.4 is 4.74 Å². The van der Waals surface area contributed by atoms with Gasteiger partial charge >= 0.3 is 0 Å². The number of ether oxygens (including phenoxy) is 1. The van der Waals surface area contributed by atoms with Gasteiger partial charge in [0.1, 0.15) is 5.75 Å². The first-order valence-corrected chi connectivity index (χ1v) is 5.52. The van der Waals surface area contributed by atoms with E-state index in [0.717, 1.165) is 5.75 Å². The van der Waals surface area contributed by atoms with Crippen LogP contribution in [-0.4, -0.2) is 13.4 Å². The van der Waals surface area contributed by atoms with Gasteiger partial charge in [-0.05, 0) is 44.4 Å². The SMILES string of the molecule is CC#CC.COc1ccc(SC)cc1. The van der Waals surface area contributed by atoms with Gasteiger partial charge in [0.2, 0.25) is 0 Å². The predicted octanol–water partition coefficient (Wildman–Crippen LogP) is 3.45. The number of methoxy groups -OCH3 is 1. The van der Waals surface area contributed by atoms with E-state index in [-0.39, 0.29) is 0 Å². The van der Waals surface area contributed by atoms with Crippen molar-refractivity contribution in [3.05, 3.63) is 24.3 Å². The van der Waals surface area contributed by atoms with Crippen molar-refractivity contribution >= 4 is 11.8 Å². The van der Waals surface area contributed by atoms with Gasteiger partial charge in [-0.2, -0.15) is 0 Å². The summed E-state index contributed by atoms with van der Waals surface area (Å²) in [5, 5.41) is 0. The summed E-state index contributed by atoms with van der Waals surface area (Å²) in [7, 11) is 1.67. The van der Waals surface area contributed by atoms with Crippen LogP contribution in [0.1, 0.15) is 13.8 Å². The van der Waals surface area contributed by atoms with Gasteiger partial charge < -0.3 is 4.74 Å². The van der Waals surface area contributed by atoms with Gasteiger partial charge in [-0.15, -0.1) is 23.6 Å². The van der Waals surface area contributed by atoms with Gasteiger partial charge in [0, 0.05) is 4.90 Å². The molecule has 0 amide bonds. The minimum Gasteiger partial charge on any atom is -0.497 e. The van der Waals surface area contributed by atoms with Crippen molar-refractivity contribution in [2.45, 2.75) is 18.7 Å². The number of thioether (sulfide) groups is 1. The highest BCUT2D eigenvalue weighted by Crippen LogP contribution is 2.18. The molecule has 0 saturated carbocycles. The molecular weight excluding hydrogens is 192 g/mol. The number of benzene rings is 1. The Balaban J connectivity index is 0.000000364. The second-order valence-electron chi connectivity index (χ2n) is 2.38. The van der Waals surface area contributed by atoms with Crippen molar-refractivity contribution in [3.63, 3.8) is 0 Å². The molecule has 0 saturated heterocycles. The minimum absolute atomic E-state index is 0.915. The van der Waals surface area contributed by atoms with Gasteiger partial charge in [-0.1, -0.05) is 0 Å². The quantitative estimate of drug-likeness (QED) is 0.544. The average molecular weight is 208 g/mol. The molecule has 0 bridgehead atoms. The summed E-state index contributed by atoms with van der Waals surface area (Å²) in [6, 6.07) is 8.02. The molecule has 0 N–H and O–H groups in total. The molecule has 1 aromatic carbocycles. The third-order valence-corrected chi connectivity index (χ3v) is 2.29. The van der Waals surface area contributed by atoms with E-state index < -0.39 is 0 Å². The summed E-state index contributed by atoms with van der Waals surface area (Å²) in [6.07, 6.45) is 2.06. The van der Waals surface area contributed by atoms with Crippen LogP contribution >= 0.6 is 11.8 Å². The Kier molecular flexibility index (Phi) is 7.87. The lowest BCUT2D eigenvalue weighted by Crippen LogP contribution is -1.80. The number of hydrogen-bond acceptors (Lipinski definition) is 2. The van der Waals surface area contributed by atoms with Gasteiger partial charge in [-0.3, -0.25) is 0 Å². The van der Waals surface area contributed by atoms with Crippen LogP contribution in [0.2, 0.25) is 0 Å². The Morgan fingerprint density at radius 2 is 1.57 bits per heavy atom. The first-order chi connectivity index (χ1) is 6.78. The molecular formula is C12H16OS. The summed E-state index contributed by atoms with van der Waals surface area (Å²) in [5.74, 6) is 6.28. The Hall–Kier alpha value is -1.07. The van der Waals surface area contributed by atoms with Crippen molar-refractivity contribution in [2.75, 3.05) is 13.4 Å². The standard InChI is InChI=1S/C8H10OS.C4H6/c1-9-7-3-5-8(10-2)6-4-7;1-3-4-2/h3-6H,1-2H3;1-2H3. The molecule has 0 radical (unpaired) electrons. The van der Waals surface area contributed by atoms with Gasteiger partial charge in [0.15, 0.2) is 0 Å². The first-order valence-electron chi connectivity index (χ1n) is 4.30. The second-order valence-corrected chi connectivity index (χ2v) is 3.26. The summed E-state index contributed by atoms with van der Waals surface area (Å²) in [6.45, 7) is 3.64. The smallest absolute Gasteiger partial charge is 0.118 e. The maximum Gasteiger partial charge on any atom is 0.118 e. The molecule has 1 nitrogen and oxygen atoms in total. The molecule has 0 aliphatic rings. The molecule has 0 spiro atoms. The van der Waals surface area contributed by atoms with Crippen LogP contribution in [0.5, 0.6) is 5.75 Å². The van der Waals surface area contributed by atoms with Crippen LogP contribution in [0.4, 0.5) is 0 Å². The first kappa shape index (κ1) is 12.9. The Labute approximate surface area is 90.9 Å². The fourth-order valence-corrected chi connectivity index (χ4v) is 1.12. The lowest BCUT2D eigenvalue weighted by Gasteiger charge is -1.98. The van der Waals surface area contributed by atoms with Crippen molar-refractivity contribution in [3.8, 4) is 17.6 Å². The van der Waals surface area contributed by atoms with E-state index >= 15 is 0 Å². The molecule has 2 heteroatoms. The third-order valence-electron chi connectivity index (χ3n) is 1.55. The monoisotopic (exact) mass is 208 g/mol. The van der Waals surface area contributed by atoms with E-state index in [1.54, 1.807) is 18.9 Å². The fourth-order valence-electron chi connectivity index (χ4n) is 0.712. The fraction of sp³-hybridized carbons (Fsp3) is 0.333. The molecule has 76 valence electrons. The number of hydrogen-bond donors (Lipinski definition) is 0. The Morgan fingerprint density at radius 3 is 1.86 bits per heavy atom. The van der Waals surface area contributed by atoms with Crippen molar-refractivity contribution in [1.29, 1.82) is 0 Å². The van der Waals surface area contributed by atoms with Crippen molar-refractivity contribution in [2.24, 2.45) is 0 Å². The molecule has 0 aliphatic carbocycles. The lowest BCUT2D eigenvalue weighted by atomic mass is 10.3. The van der Waals surface area contributed by atoms with Crippen molar-refractivity contribution < 1.29 is 4.74 Å². The topological polar surface area (TPSA) is 9.23 Å². The van der Waals surface area contributed by atoms with E-state index in [9.17, 15) is 0 Å². The van der Waals surface area contributed by atoms with Gasteiger partial charge in [0.05, 0.1) is 7.11 Å². The zero-order chi connectivity index (χ0) is 10.8. The zero-order valence-corrected chi connectivity index (χ0v) is 9.94. The van der Waals surface area contributed by atoms with E-state index in [1.165, 1.54) is 4.90 Å². The highest BCUT2D eigenvalue weighted by Gasteiger charge is 1.89. The van der Waals surface area contributed by atoms with Crippen LogP contribution in [0.3, 0.4) is 0 Å². The third kappa shape index (κ3) is 5.55. The summed E-state index contributed by atoms with van der Waals surface area (Å²) in [4.78, 5) is 1.26. The van der Waals surface area contributed by atoms with E-state index in [2.05, 4.69) is 18.1 Å². The summed E-state index contributed by atoms with van der Waals surface area (Å²) < 4.78 is 5.00. The number of rotatable bonds is 2. The van der Waals surface area contributed by atoms with Crippen LogP contribution in [-0.2, 0) is 0 Å². The Morgan fingerprint density at radius 1 is 1.07 bits per heavy atom. The summed E-state index contributed by atoms with van der Waals surface area (Å²) in [5.41, 5.74) is 0. The van der Waals surface area contributed by atoms with Crippen LogP contribution in [0.25, 0.3) is 0 Å². The molecule has 1 aromatic rings. The molecule has 0 fully saturated rings. The predicted molar refractivity (Wildman–Crippen MR) is 63.9 cm³/mol. The normalized spacial score (nSPS) is 7.71. The molecule has 0 aromatic heterocycles. The molecule has 0 aliphatic heterocycles. The molecule has 14 heavy (non-hydrogen) atoms. The lowest BCUT2D eigenvalue weighted by molar-refractivity contribution is 0.414. The molecule has 0 heterocycles. The maximum absolute atomic E-state index is 5.00. The molecule has 1 rings (SSSR count). The average Bonchev–Trinajstić information content (AvgIpc) is 2.29. The highest BCUT2D eigenvalue weighted by atomic mass is 32.2. The molecule has 0 atom stereocenters. The largest absolute Gasteiger partial charge is 0.497 e. The van der Waals surface area contributed by atoms with Gasteiger partial charge in [-0.25, -0.2) is 0 Å². The van der Waals surface area contributed by atoms with Gasteiger partial charge in [0.25, 0.3) is 0 Å². The van der Waals surface area contributed by atoms with Crippen LogP contribution in [0.15, 0.2) is 29.2 Å². The second kappa shape index (κ2) is 8.52. The van der Waals surface area contributed by atoms with E-state index in [4.69, 9.17) is 4.74 Å². The maximum atomic E-state index is 5.00. The molecule has 0 unspecified atom stereocenters. The summed E-state index contributed by atoms with van der Waals surface area (Å²) >= 11 is 1.73. The van der Waals surface area contributed by atoms with Crippen LogP contribution in [0, 0.1) is 11.8 Å². The van der Waals surface area contributed by atoms with Crippen molar-refractivity contribution in [1.82, 2.24) is 0 Å². The van der Waals surface area contributed by atoms with E-state index in [1.807, 2.05) is 38.1 Å². The minimum atomic E-state index is 0.915. The highest BCUT2D eigenvalue weighted by molar-refractivity contribution is 7.98. The Bertz CT molecular complexity index is 263.